The molecule has 0 bridgehead atoms. The minimum atomic E-state index is -0.230. The average molecular weight is 305 g/mol. The van der Waals surface area contributed by atoms with Crippen molar-refractivity contribution in [2.75, 3.05) is 19.0 Å². The van der Waals surface area contributed by atoms with Crippen LogP contribution in [0.3, 0.4) is 0 Å². The summed E-state index contributed by atoms with van der Waals surface area (Å²) in [5, 5.41) is 14.5. The van der Waals surface area contributed by atoms with Crippen LogP contribution in [0.5, 0.6) is 0 Å². The lowest BCUT2D eigenvalue weighted by molar-refractivity contribution is 0.184. The van der Waals surface area contributed by atoms with Crippen LogP contribution in [0.1, 0.15) is 23.7 Å². The van der Waals surface area contributed by atoms with Crippen molar-refractivity contribution in [3.05, 3.63) is 47.0 Å². The lowest BCUT2D eigenvalue weighted by atomic mass is 10.0. The van der Waals surface area contributed by atoms with Gasteiger partial charge in [0.15, 0.2) is 5.13 Å². The van der Waals surface area contributed by atoms with Gasteiger partial charge in [-0.3, -0.25) is 5.32 Å². The van der Waals surface area contributed by atoms with E-state index < -0.39 is 0 Å². The van der Waals surface area contributed by atoms with Crippen molar-refractivity contribution in [2.24, 2.45) is 0 Å². The molecule has 0 spiro atoms. The van der Waals surface area contributed by atoms with Gasteiger partial charge in [-0.2, -0.15) is 0 Å². The summed E-state index contributed by atoms with van der Waals surface area (Å²) in [6, 6.07) is 9.29. The summed E-state index contributed by atoms with van der Waals surface area (Å²) >= 11 is 1.40. The second-order valence-corrected chi connectivity index (χ2v) is 5.63. The highest BCUT2D eigenvalue weighted by Crippen LogP contribution is 2.24. The maximum Gasteiger partial charge on any atom is 0.323 e. The van der Waals surface area contributed by atoms with Crippen molar-refractivity contribution in [3.8, 4) is 0 Å². The number of aromatic nitrogens is 1. The number of aryl methyl sites for hydroxylation is 1. The van der Waals surface area contributed by atoms with Crippen molar-refractivity contribution in [1.29, 1.82) is 0 Å². The Kier molecular flexibility index (Phi) is 5.30. The molecule has 0 fully saturated rings. The summed E-state index contributed by atoms with van der Waals surface area (Å²) in [5.74, 6) is 0. The predicted molar refractivity (Wildman–Crippen MR) is 84.5 cm³/mol. The molecule has 0 aliphatic rings. The normalized spacial score (nSPS) is 12.0. The Labute approximate surface area is 128 Å². The Bertz CT molecular complexity index is 586. The zero-order valence-corrected chi connectivity index (χ0v) is 12.9. The van der Waals surface area contributed by atoms with Crippen LogP contribution in [0, 0.1) is 6.92 Å². The van der Waals surface area contributed by atoms with E-state index in [1.807, 2.05) is 42.6 Å². The van der Waals surface area contributed by atoms with Crippen LogP contribution >= 0.6 is 11.3 Å². The first-order valence-electron chi connectivity index (χ1n) is 6.73. The fourth-order valence-electron chi connectivity index (χ4n) is 2.11. The number of carbonyl (C=O) groups excluding carboxylic acids is 1. The Morgan fingerprint density at radius 2 is 2.14 bits per heavy atom. The van der Waals surface area contributed by atoms with Crippen LogP contribution in [0.25, 0.3) is 0 Å². The largest absolute Gasteiger partial charge is 0.396 e. The number of hydrogen-bond acceptors (Lipinski definition) is 4. The molecule has 1 aromatic carbocycles. The summed E-state index contributed by atoms with van der Waals surface area (Å²) in [4.78, 5) is 18.1. The molecule has 1 atom stereocenters. The third kappa shape index (κ3) is 4.03. The summed E-state index contributed by atoms with van der Waals surface area (Å²) < 4.78 is 0. The number of benzene rings is 1. The number of anilines is 1. The molecule has 0 radical (unpaired) electrons. The number of rotatable bonds is 5. The van der Waals surface area contributed by atoms with E-state index in [1.165, 1.54) is 11.3 Å². The molecule has 2 N–H and O–H groups in total. The first-order chi connectivity index (χ1) is 10.1. The molecule has 0 aliphatic carbocycles. The summed E-state index contributed by atoms with van der Waals surface area (Å²) in [6.07, 6.45) is 0.491. The van der Waals surface area contributed by atoms with Crippen molar-refractivity contribution in [1.82, 2.24) is 9.88 Å². The Morgan fingerprint density at radius 3 is 2.71 bits per heavy atom. The van der Waals surface area contributed by atoms with Gasteiger partial charge in [-0.15, -0.1) is 11.3 Å². The molecule has 2 rings (SSSR count). The van der Waals surface area contributed by atoms with Gasteiger partial charge in [0.2, 0.25) is 0 Å². The maximum atomic E-state index is 12.3. The molecule has 1 unspecified atom stereocenters. The maximum absolute atomic E-state index is 12.3. The third-order valence-electron chi connectivity index (χ3n) is 3.21. The quantitative estimate of drug-likeness (QED) is 0.892. The molecule has 1 heterocycles. The molecule has 5 nitrogen and oxygen atoms in total. The molecule has 0 saturated heterocycles. The first kappa shape index (κ1) is 15.5. The zero-order valence-electron chi connectivity index (χ0n) is 12.1. The van der Waals surface area contributed by atoms with Crippen LogP contribution in [-0.2, 0) is 0 Å². The van der Waals surface area contributed by atoms with Crippen molar-refractivity contribution >= 4 is 22.5 Å². The van der Waals surface area contributed by atoms with Gasteiger partial charge >= 0.3 is 6.03 Å². The monoisotopic (exact) mass is 305 g/mol. The van der Waals surface area contributed by atoms with E-state index in [0.717, 1.165) is 11.3 Å². The van der Waals surface area contributed by atoms with Gasteiger partial charge in [-0.1, -0.05) is 30.3 Å². The van der Waals surface area contributed by atoms with E-state index >= 15 is 0 Å². The fraction of sp³-hybridized carbons (Fsp3) is 0.333. The number of nitrogens with zero attached hydrogens (tertiary/aromatic N) is 2. The molecular formula is C15H19N3O2S. The fourth-order valence-corrected chi connectivity index (χ4v) is 2.79. The van der Waals surface area contributed by atoms with Gasteiger partial charge in [0.25, 0.3) is 0 Å². The minimum Gasteiger partial charge on any atom is -0.396 e. The molecule has 2 amide bonds. The van der Waals surface area contributed by atoms with Crippen LogP contribution in [0.2, 0.25) is 0 Å². The highest BCUT2D eigenvalue weighted by molar-refractivity contribution is 7.13. The van der Waals surface area contributed by atoms with Gasteiger partial charge in [-0.25, -0.2) is 9.78 Å². The molecule has 1 aromatic heterocycles. The Hall–Kier alpha value is -1.92. The van der Waals surface area contributed by atoms with Gasteiger partial charge < -0.3 is 10.0 Å². The summed E-state index contributed by atoms with van der Waals surface area (Å²) in [6.45, 7) is 1.90. The number of aliphatic hydroxyl groups excluding tert-OH is 1. The minimum absolute atomic E-state index is 0.0214. The van der Waals surface area contributed by atoms with Gasteiger partial charge in [-0.05, 0) is 18.9 Å². The SMILES string of the molecule is Cc1csc(NC(=O)N(C)C(CCO)c2ccccc2)n1. The number of amides is 2. The first-order valence-corrected chi connectivity index (χ1v) is 7.61. The van der Waals surface area contributed by atoms with E-state index in [9.17, 15) is 9.90 Å². The lowest BCUT2D eigenvalue weighted by Gasteiger charge is -2.28. The van der Waals surface area contributed by atoms with Crippen molar-refractivity contribution in [3.63, 3.8) is 0 Å². The van der Waals surface area contributed by atoms with Gasteiger partial charge in [0, 0.05) is 19.0 Å². The molecule has 6 heteroatoms. The third-order valence-corrected chi connectivity index (χ3v) is 4.08. The Balaban J connectivity index is 2.10. The molecule has 112 valence electrons. The smallest absolute Gasteiger partial charge is 0.323 e. The summed E-state index contributed by atoms with van der Waals surface area (Å²) in [7, 11) is 1.73. The van der Waals surface area contributed by atoms with Crippen LogP contribution < -0.4 is 5.32 Å². The molecule has 0 saturated carbocycles. The molecule has 21 heavy (non-hydrogen) atoms. The van der Waals surface area contributed by atoms with E-state index in [1.54, 1.807) is 11.9 Å². The average Bonchev–Trinajstić information content (AvgIpc) is 2.90. The van der Waals surface area contributed by atoms with E-state index in [-0.39, 0.29) is 18.7 Å². The van der Waals surface area contributed by atoms with Crippen LogP contribution in [0.4, 0.5) is 9.93 Å². The number of hydrogen-bond donors (Lipinski definition) is 2. The summed E-state index contributed by atoms with van der Waals surface area (Å²) in [5.41, 5.74) is 1.88. The number of aliphatic hydroxyl groups is 1. The number of nitrogens with one attached hydrogen (secondary N) is 1. The highest BCUT2D eigenvalue weighted by atomic mass is 32.1. The predicted octanol–water partition coefficient (Wildman–Crippen LogP) is 3.04. The van der Waals surface area contributed by atoms with E-state index in [2.05, 4.69) is 10.3 Å². The molecule has 2 aromatic rings. The number of urea groups is 1. The van der Waals surface area contributed by atoms with Crippen LogP contribution in [0.15, 0.2) is 35.7 Å². The standard InChI is InChI=1S/C15H19N3O2S/c1-11-10-21-14(16-11)17-15(20)18(2)13(8-9-19)12-6-4-3-5-7-12/h3-7,10,13,19H,8-9H2,1-2H3,(H,16,17,20). The highest BCUT2D eigenvalue weighted by Gasteiger charge is 2.21. The zero-order chi connectivity index (χ0) is 15.2. The van der Waals surface area contributed by atoms with Crippen LogP contribution in [-0.4, -0.2) is 34.7 Å². The molecule has 0 aliphatic heterocycles. The lowest BCUT2D eigenvalue weighted by Crippen LogP contribution is -2.35. The second-order valence-electron chi connectivity index (χ2n) is 4.77. The number of carbonyl (C=O) groups is 1. The molecular weight excluding hydrogens is 286 g/mol. The number of thiazole rings is 1. The van der Waals surface area contributed by atoms with E-state index in [0.29, 0.717) is 11.6 Å². The second kappa shape index (κ2) is 7.19. The van der Waals surface area contributed by atoms with E-state index in [4.69, 9.17) is 0 Å². The Morgan fingerprint density at radius 1 is 1.43 bits per heavy atom. The van der Waals surface area contributed by atoms with Gasteiger partial charge in [0.1, 0.15) is 0 Å². The van der Waals surface area contributed by atoms with Crippen molar-refractivity contribution < 1.29 is 9.90 Å². The van der Waals surface area contributed by atoms with Gasteiger partial charge in [0.05, 0.1) is 11.7 Å². The topological polar surface area (TPSA) is 65.5 Å². The van der Waals surface area contributed by atoms with Crippen molar-refractivity contribution in [2.45, 2.75) is 19.4 Å².